The van der Waals surface area contributed by atoms with Gasteiger partial charge >= 0.3 is 7.12 Å². The van der Waals surface area contributed by atoms with Crippen LogP contribution in [0.1, 0.15) is 0 Å². The normalized spacial score (nSPS) is 10.9. The van der Waals surface area contributed by atoms with Crippen molar-refractivity contribution in [3.05, 3.63) is 88.5 Å². The van der Waals surface area contributed by atoms with Crippen LogP contribution in [0.2, 0.25) is 0 Å². The summed E-state index contributed by atoms with van der Waals surface area (Å²) >= 11 is 0. The van der Waals surface area contributed by atoms with Crippen LogP contribution in [0.15, 0.2) is 30.3 Å². The minimum atomic E-state index is -2.51. The van der Waals surface area contributed by atoms with Crippen molar-refractivity contribution in [1.82, 2.24) is 0 Å². The van der Waals surface area contributed by atoms with Gasteiger partial charge in [0.1, 0.15) is 0 Å². The van der Waals surface area contributed by atoms with Crippen LogP contribution in [0.25, 0.3) is 0 Å². The van der Waals surface area contributed by atoms with Crippen LogP contribution in [0.3, 0.4) is 0 Å². The molecule has 0 saturated carbocycles. The summed E-state index contributed by atoms with van der Waals surface area (Å²) in [5.74, 6) is -28.3. The third-order valence-corrected chi connectivity index (χ3v) is 3.86. The van der Waals surface area contributed by atoms with E-state index in [9.17, 15) is 43.9 Å². The molecule has 31 heavy (non-hydrogen) atoms. The van der Waals surface area contributed by atoms with E-state index >= 15 is 0 Å². The first-order chi connectivity index (χ1) is 14.6. The molecule has 0 radical (unpaired) electrons. The van der Waals surface area contributed by atoms with Crippen LogP contribution in [-0.4, -0.2) is 7.12 Å². The van der Waals surface area contributed by atoms with Gasteiger partial charge in [-0.25, -0.2) is 26.3 Å². The molecule has 0 fully saturated rings. The molecule has 0 aliphatic heterocycles. The lowest BCUT2D eigenvalue weighted by Crippen LogP contribution is -2.43. The highest BCUT2D eigenvalue weighted by Crippen LogP contribution is 2.32. The Balaban J connectivity index is 2.14. The van der Waals surface area contributed by atoms with Crippen molar-refractivity contribution in [2.45, 2.75) is 0 Å². The SMILES string of the molecule is Fc1c(F)c(F)c(OB(Oc2c(F)c(F)c(F)c(F)c2F)c2ccccc2)c(F)c1F. The van der Waals surface area contributed by atoms with Gasteiger partial charge in [-0.05, 0) is 0 Å². The fourth-order valence-electron chi connectivity index (χ4n) is 2.36. The topological polar surface area (TPSA) is 18.5 Å². The van der Waals surface area contributed by atoms with Crippen molar-refractivity contribution in [2.24, 2.45) is 0 Å². The standard InChI is InChI=1S/C18H5BF10O2/c20-7-9(22)13(26)17(14(27)10(7)23)30-19(6-4-2-1-3-5-6)31-18-15(28)11(24)8(21)12(25)16(18)29/h1-5H. The van der Waals surface area contributed by atoms with Crippen molar-refractivity contribution in [1.29, 1.82) is 0 Å². The number of rotatable bonds is 5. The summed E-state index contributed by atoms with van der Waals surface area (Å²) in [6.45, 7) is 0. The smallest absolute Gasteiger partial charge is 0.518 e. The predicted molar refractivity (Wildman–Crippen MR) is 85.5 cm³/mol. The molecule has 0 N–H and O–H groups in total. The first-order valence-corrected chi connectivity index (χ1v) is 7.97. The summed E-state index contributed by atoms with van der Waals surface area (Å²) in [5.41, 5.74) is -0.338. The maximum absolute atomic E-state index is 13.9. The molecule has 0 spiro atoms. The Hall–Kier alpha value is -3.38. The van der Waals surface area contributed by atoms with Gasteiger partial charge in [-0.2, -0.15) is 17.6 Å². The minimum absolute atomic E-state index is 0.338. The molecule has 13 heteroatoms. The molecule has 162 valence electrons. The highest BCUT2D eigenvalue weighted by atomic mass is 19.2. The highest BCUT2D eigenvalue weighted by molar-refractivity contribution is 6.62. The van der Waals surface area contributed by atoms with Gasteiger partial charge < -0.3 is 9.31 Å². The van der Waals surface area contributed by atoms with Crippen LogP contribution in [-0.2, 0) is 0 Å². The summed E-state index contributed by atoms with van der Waals surface area (Å²) in [4.78, 5) is 0. The zero-order valence-corrected chi connectivity index (χ0v) is 14.6. The summed E-state index contributed by atoms with van der Waals surface area (Å²) in [7, 11) is -2.40. The van der Waals surface area contributed by atoms with E-state index in [-0.39, 0.29) is 5.46 Å². The predicted octanol–water partition coefficient (Wildman–Crippen LogP) is 4.93. The Bertz CT molecular complexity index is 1030. The third-order valence-electron chi connectivity index (χ3n) is 3.86. The number of hydrogen-bond donors (Lipinski definition) is 0. The average molecular weight is 454 g/mol. The zero-order chi connectivity index (χ0) is 23.0. The molecule has 0 bridgehead atoms. The maximum atomic E-state index is 13.9. The molecule has 3 aromatic carbocycles. The van der Waals surface area contributed by atoms with Gasteiger partial charge in [0.2, 0.25) is 58.2 Å². The molecule has 0 saturated heterocycles. The van der Waals surface area contributed by atoms with Gasteiger partial charge in [0, 0.05) is 5.46 Å². The van der Waals surface area contributed by atoms with Crippen molar-refractivity contribution in [2.75, 3.05) is 0 Å². The largest absolute Gasteiger partial charge is 0.632 e. The minimum Gasteiger partial charge on any atom is -0.518 e. The number of halogens is 10. The highest BCUT2D eigenvalue weighted by Gasteiger charge is 2.37. The third kappa shape index (κ3) is 3.87. The first kappa shape index (κ1) is 22.3. The lowest BCUT2D eigenvalue weighted by molar-refractivity contribution is 0.316. The van der Waals surface area contributed by atoms with Crippen molar-refractivity contribution >= 4 is 12.6 Å². The Labute approximate surface area is 166 Å². The molecular weight excluding hydrogens is 449 g/mol. The molecule has 0 aliphatic carbocycles. The van der Waals surface area contributed by atoms with Crippen LogP contribution in [0.4, 0.5) is 43.9 Å². The van der Waals surface area contributed by atoms with Crippen molar-refractivity contribution in [3.8, 4) is 11.5 Å². The first-order valence-electron chi connectivity index (χ1n) is 7.97. The summed E-state index contributed by atoms with van der Waals surface area (Å²) in [6, 6.07) is 5.99. The molecule has 0 atom stereocenters. The summed E-state index contributed by atoms with van der Waals surface area (Å²) in [5, 5.41) is 0. The van der Waals surface area contributed by atoms with E-state index in [1.807, 2.05) is 0 Å². The van der Waals surface area contributed by atoms with Gasteiger partial charge in [-0.15, -0.1) is 0 Å². The van der Waals surface area contributed by atoms with E-state index in [2.05, 4.69) is 9.31 Å². The molecule has 3 aromatic rings. The van der Waals surface area contributed by atoms with Gasteiger partial charge in [0.25, 0.3) is 0 Å². The maximum Gasteiger partial charge on any atom is 0.632 e. The second-order valence-electron chi connectivity index (χ2n) is 5.78. The van der Waals surface area contributed by atoms with Crippen LogP contribution in [0.5, 0.6) is 11.5 Å². The summed E-state index contributed by atoms with van der Waals surface area (Å²) in [6.07, 6.45) is 0. The Morgan fingerprint density at radius 1 is 0.419 bits per heavy atom. The molecule has 0 amide bonds. The Morgan fingerprint density at radius 3 is 1.03 bits per heavy atom. The zero-order valence-electron chi connectivity index (χ0n) is 14.6. The summed E-state index contributed by atoms with van der Waals surface area (Å²) < 4.78 is 145. The van der Waals surface area contributed by atoms with Gasteiger partial charge in [0.05, 0.1) is 0 Å². The fraction of sp³-hybridized carbons (Fsp3) is 0. The van der Waals surface area contributed by atoms with Crippen LogP contribution >= 0.6 is 0 Å². The number of benzene rings is 3. The van der Waals surface area contributed by atoms with E-state index in [0.29, 0.717) is 0 Å². The number of hydrogen-bond acceptors (Lipinski definition) is 2. The lowest BCUT2D eigenvalue weighted by Gasteiger charge is -2.19. The fourth-order valence-corrected chi connectivity index (χ4v) is 2.36. The second-order valence-corrected chi connectivity index (χ2v) is 5.78. The van der Waals surface area contributed by atoms with E-state index in [4.69, 9.17) is 0 Å². The van der Waals surface area contributed by atoms with Gasteiger partial charge in [-0.3, -0.25) is 0 Å². The van der Waals surface area contributed by atoms with E-state index in [1.165, 1.54) is 18.2 Å². The van der Waals surface area contributed by atoms with Gasteiger partial charge in [-0.1, -0.05) is 30.3 Å². The van der Waals surface area contributed by atoms with E-state index in [1.54, 1.807) is 0 Å². The molecule has 0 unspecified atom stereocenters. The molecular formula is C18H5BF10O2. The molecule has 0 aromatic heterocycles. The van der Waals surface area contributed by atoms with Crippen molar-refractivity contribution < 1.29 is 53.2 Å². The quantitative estimate of drug-likeness (QED) is 0.236. The van der Waals surface area contributed by atoms with Crippen LogP contribution in [0, 0.1) is 58.2 Å². The van der Waals surface area contributed by atoms with Crippen molar-refractivity contribution in [3.63, 3.8) is 0 Å². The Kier molecular flexibility index (Phi) is 6.05. The molecule has 0 heterocycles. The monoisotopic (exact) mass is 454 g/mol. The lowest BCUT2D eigenvalue weighted by atomic mass is 9.78. The molecule has 0 aliphatic rings. The van der Waals surface area contributed by atoms with Crippen LogP contribution < -0.4 is 14.8 Å². The molecule has 3 rings (SSSR count). The van der Waals surface area contributed by atoms with E-state index in [0.717, 1.165) is 12.1 Å². The van der Waals surface area contributed by atoms with E-state index < -0.39 is 76.8 Å². The molecule has 2 nitrogen and oxygen atoms in total. The average Bonchev–Trinajstić information content (AvgIpc) is 2.78. The second kappa shape index (κ2) is 8.40. The Morgan fingerprint density at radius 2 is 0.710 bits per heavy atom. The van der Waals surface area contributed by atoms with Gasteiger partial charge in [0.15, 0.2) is 11.5 Å².